The number of nitrogens with two attached hydrogens (primary N) is 1. The Morgan fingerprint density at radius 2 is 2.12 bits per heavy atom. The van der Waals surface area contributed by atoms with Crippen LogP contribution >= 0.6 is 0 Å². The number of carbonyl (C=O) groups excluding carboxylic acids is 1. The monoisotopic (exact) mass is 356 g/mol. The molecule has 2 N–H and O–H groups in total. The molecule has 2 aromatic rings. The Morgan fingerprint density at radius 3 is 2.81 bits per heavy atom. The average molecular weight is 356 g/mol. The van der Waals surface area contributed by atoms with Gasteiger partial charge in [0.25, 0.3) is 0 Å². The van der Waals surface area contributed by atoms with Crippen molar-refractivity contribution in [3.63, 3.8) is 0 Å². The van der Waals surface area contributed by atoms with Crippen LogP contribution in [0.15, 0.2) is 24.4 Å². The fourth-order valence-electron chi connectivity index (χ4n) is 3.19. The lowest BCUT2D eigenvalue weighted by atomic mass is 9.89. The zero-order chi connectivity index (χ0) is 18.7. The van der Waals surface area contributed by atoms with Gasteiger partial charge in [0.15, 0.2) is 5.78 Å². The standard InChI is InChI=1S/C19H24N4O3/c1-12-10-21-19(22-18(12)20)23-8-4-5-13(11-23)17(24)15-7-6-14(25-2)9-16(15)26-3/h6-7,9-10,13H,4-5,8,11H2,1-3H3,(H2,20,21,22)/t13-/m0/s1. The van der Waals surface area contributed by atoms with Crippen LogP contribution < -0.4 is 20.1 Å². The van der Waals surface area contributed by atoms with Gasteiger partial charge in [0.2, 0.25) is 5.95 Å². The first-order valence-corrected chi connectivity index (χ1v) is 8.63. The number of benzene rings is 1. The summed E-state index contributed by atoms with van der Waals surface area (Å²) in [7, 11) is 3.14. The highest BCUT2D eigenvalue weighted by Crippen LogP contribution is 2.30. The number of nitrogens with zero attached hydrogens (tertiary/aromatic N) is 3. The first kappa shape index (κ1) is 18.0. The van der Waals surface area contributed by atoms with E-state index in [9.17, 15) is 4.79 Å². The highest BCUT2D eigenvalue weighted by atomic mass is 16.5. The van der Waals surface area contributed by atoms with Gasteiger partial charge in [0.05, 0.1) is 19.8 Å². The van der Waals surface area contributed by atoms with Gasteiger partial charge in [-0.2, -0.15) is 4.98 Å². The molecule has 1 fully saturated rings. The van der Waals surface area contributed by atoms with E-state index in [-0.39, 0.29) is 11.7 Å². The van der Waals surface area contributed by atoms with Gasteiger partial charge in [-0.05, 0) is 31.9 Å². The average Bonchev–Trinajstić information content (AvgIpc) is 2.69. The number of ether oxygens (including phenoxy) is 2. The number of piperidine rings is 1. The maximum absolute atomic E-state index is 13.1. The molecule has 7 nitrogen and oxygen atoms in total. The third kappa shape index (κ3) is 3.56. The molecular formula is C19H24N4O3. The third-order valence-corrected chi connectivity index (χ3v) is 4.75. The van der Waals surface area contributed by atoms with Gasteiger partial charge in [-0.25, -0.2) is 4.98 Å². The van der Waals surface area contributed by atoms with Gasteiger partial charge in [-0.3, -0.25) is 4.79 Å². The molecule has 0 radical (unpaired) electrons. The molecule has 0 amide bonds. The molecule has 3 rings (SSSR count). The topological polar surface area (TPSA) is 90.6 Å². The molecule has 1 aromatic heterocycles. The Labute approximate surface area is 153 Å². The van der Waals surface area contributed by atoms with E-state index in [1.807, 2.05) is 11.8 Å². The summed E-state index contributed by atoms with van der Waals surface area (Å²) in [5.41, 5.74) is 7.33. The van der Waals surface area contributed by atoms with Crippen LogP contribution in [0.25, 0.3) is 0 Å². The largest absolute Gasteiger partial charge is 0.497 e. The lowest BCUT2D eigenvalue weighted by Gasteiger charge is -2.32. The molecule has 1 aromatic carbocycles. The number of aryl methyl sites for hydroxylation is 1. The number of hydrogen-bond donors (Lipinski definition) is 1. The minimum Gasteiger partial charge on any atom is -0.497 e. The summed E-state index contributed by atoms with van der Waals surface area (Å²) in [5.74, 6) is 2.16. The van der Waals surface area contributed by atoms with E-state index in [1.165, 1.54) is 0 Å². The second kappa shape index (κ2) is 7.59. The molecule has 1 aliphatic rings. The van der Waals surface area contributed by atoms with Crippen molar-refractivity contribution < 1.29 is 14.3 Å². The maximum atomic E-state index is 13.1. The van der Waals surface area contributed by atoms with E-state index in [0.29, 0.717) is 35.4 Å². The molecule has 0 saturated carbocycles. The molecule has 0 unspecified atom stereocenters. The van der Waals surface area contributed by atoms with E-state index in [2.05, 4.69) is 9.97 Å². The summed E-state index contributed by atoms with van der Waals surface area (Å²) >= 11 is 0. The van der Waals surface area contributed by atoms with Gasteiger partial charge in [-0.1, -0.05) is 0 Å². The summed E-state index contributed by atoms with van der Waals surface area (Å²) in [6, 6.07) is 5.27. The lowest BCUT2D eigenvalue weighted by Crippen LogP contribution is -2.39. The van der Waals surface area contributed by atoms with E-state index in [0.717, 1.165) is 24.9 Å². The van der Waals surface area contributed by atoms with E-state index >= 15 is 0 Å². The number of anilines is 2. The minimum absolute atomic E-state index is 0.0642. The first-order valence-electron chi connectivity index (χ1n) is 8.63. The van der Waals surface area contributed by atoms with Crippen molar-refractivity contribution in [3.8, 4) is 11.5 Å². The fourth-order valence-corrected chi connectivity index (χ4v) is 3.19. The number of methoxy groups -OCH3 is 2. The molecule has 1 aliphatic heterocycles. The third-order valence-electron chi connectivity index (χ3n) is 4.75. The predicted molar refractivity (Wildman–Crippen MR) is 100.0 cm³/mol. The van der Waals surface area contributed by atoms with E-state index in [1.54, 1.807) is 38.6 Å². The second-order valence-electron chi connectivity index (χ2n) is 6.45. The Bertz CT molecular complexity index is 809. The van der Waals surface area contributed by atoms with Crippen molar-refractivity contribution in [2.24, 2.45) is 5.92 Å². The van der Waals surface area contributed by atoms with Crippen LogP contribution in [0.2, 0.25) is 0 Å². The number of hydrogen-bond acceptors (Lipinski definition) is 7. The van der Waals surface area contributed by atoms with Gasteiger partial charge in [0.1, 0.15) is 17.3 Å². The summed E-state index contributed by atoms with van der Waals surface area (Å²) < 4.78 is 10.6. The quantitative estimate of drug-likeness (QED) is 0.823. The number of ketones is 1. The molecule has 1 atom stereocenters. The SMILES string of the molecule is COc1ccc(C(=O)[C@H]2CCCN(c3ncc(C)c(N)n3)C2)c(OC)c1. The van der Waals surface area contributed by atoms with Crippen molar-refractivity contribution >= 4 is 17.5 Å². The van der Waals surface area contributed by atoms with Crippen molar-refractivity contribution in [2.45, 2.75) is 19.8 Å². The summed E-state index contributed by atoms with van der Waals surface area (Å²) in [6.07, 6.45) is 3.44. The van der Waals surface area contributed by atoms with Crippen molar-refractivity contribution in [1.82, 2.24) is 9.97 Å². The number of Topliss-reactive ketones (excluding diaryl/α,β-unsaturated/α-hetero) is 1. The van der Waals surface area contributed by atoms with Crippen LogP contribution in [0.4, 0.5) is 11.8 Å². The highest BCUT2D eigenvalue weighted by Gasteiger charge is 2.29. The Hall–Kier alpha value is -2.83. The van der Waals surface area contributed by atoms with Crippen LogP contribution in [0.1, 0.15) is 28.8 Å². The second-order valence-corrected chi connectivity index (χ2v) is 6.45. The van der Waals surface area contributed by atoms with E-state index < -0.39 is 0 Å². The number of aromatic nitrogens is 2. The molecule has 1 saturated heterocycles. The molecule has 2 heterocycles. The van der Waals surface area contributed by atoms with E-state index in [4.69, 9.17) is 15.2 Å². The predicted octanol–water partition coefficient (Wildman–Crippen LogP) is 2.48. The van der Waals surface area contributed by atoms with Crippen LogP contribution in [-0.2, 0) is 0 Å². The lowest BCUT2D eigenvalue weighted by molar-refractivity contribution is 0.0903. The first-order chi connectivity index (χ1) is 12.5. The van der Waals surface area contributed by atoms with Crippen LogP contribution in [0.3, 0.4) is 0 Å². The zero-order valence-corrected chi connectivity index (χ0v) is 15.4. The molecule has 0 bridgehead atoms. The Kier molecular flexibility index (Phi) is 5.25. The Balaban J connectivity index is 1.81. The molecule has 0 aliphatic carbocycles. The van der Waals surface area contributed by atoms with Crippen molar-refractivity contribution in [2.75, 3.05) is 37.9 Å². The summed E-state index contributed by atoms with van der Waals surface area (Å²) in [4.78, 5) is 23.8. The number of carbonyl (C=O) groups is 1. The smallest absolute Gasteiger partial charge is 0.227 e. The summed E-state index contributed by atoms with van der Waals surface area (Å²) in [6.45, 7) is 3.25. The van der Waals surface area contributed by atoms with Crippen molar-refractivity contribution in [3.05, 3.63) is 35.5 Å². The van der Waals surface area contributed by atoms with Gasteiger partial charge >= 0.3 is 0 Å². The van der Waals surface area contributed by atoms with Crippen LogP contribution in [-0.4, -0.2) is 43.1 Å². The normalized spacial score (nSPS) is 17.0. The van der Waals surface area contributed by atoms with Gasteiger partial charge < -0.3 is 20.1 Å². The molecular weight excluding hydrogens is 332 g/mol. The maximum Gasteiger partial charge on any atom is 0.227 e. The Morgan fingerprint density at radius 1 is 1.31 bits per heavy atom. The number of nitrogen functional groups attached to an aromatic ring is 1. The van der Waals surface area contributed by atoms with Gasteiger partial charge in [-0.15, -0.1) is 0 Å². The molecule has 26 heavy (non-hydrogen) atoms. The summed E-state index contributed by atoms with van der Waals surface area (Å²) in [5, 5.41) is 0. The van der Waals surface area contributed by atoms with Crippen LogP contribution in [0.5, 0.6) is 11.5 Å². The zero-order valence-electron chi connectivity index (χ0n) is 15.4. The fraction of sp³-hybridized carbons (Fsp3) is 0.421. The van der Waals surface area contributed by atoms with Crippen molar-refractivity contribution in [1.29, 1.82) is 0 Å². The molecule has 0 spiro atoms. The van der Waals surface area contributed by atoms with Gasteiger partial charge in [0, 0.05) is 36.8 Å². The highest BCUT2D eigenvalue weighted by molar-refractivity contribution is 6.00. The minimum atomic E-state index is -0.142. The molecule has 7 heteroatoms. The molecule has 138 valence electrons. The number of rotatable bonds is 5. The van der Waals surface area contributed by atoms with Crippen LogP contribution in [0, 0.1) is 12.8 Å².